The molecule has 1 unspecified atom stereocenters. The molecule has 1 atom stereocenters. The smallest absolute Gasteiger partial charge is 0.306 e. The largest absolute Gasteiger partial charge is 0.462 e. The Kier molecular flexibility index (Phi) is 56.2. The van der Waals surface area contributed by atoms with Gasteiger partial charge in [-0.1, -0.05) is 269 Å². The second-order valence-electron chi connectivity index (χ2n) is 20.6. The maximum Gasteiger partial charge on any atom is 0.306 e. The fourth-order valence-electron chi connectivity index (χ4n) is 9.00. The van der Waals surface area contributed by atoms with Crippen LogP contribution in [0.25, 0.3) is 0 Å². The SMILES string of the molecule is CCCCCCC/C=C\C/C=C\CCCCCCCCCCCC(=O)OCC(COC(=O)CCCCCCC/C=C\CCCCCCC)OC(=O)CCCCCCCCCCCCCCCCCC. The molecular weight excluding hydrogens is 853 g/mol. The molecule has 0 fully saturated rings. The molecule has 6 heteroatoms. The Morgan fingerprint density at radius 3 is 0.812 bits per heavy atom. The molecule has 0 aromatic rings. The van der Waals surface area contributed by atoms with Crippen molar-refractivity contribution in [2.75, 3.05) is 13.2 Å². The summed E-state index contributed by atoms with van der Waals surface area (Å²) in [5, 5.41) is 0. The first kappa shape index (κ1) is 66.6. The second kappa shape index (κ2) is 58.2. The average molecular weight is 970 g/mol. The minimum absolute atomic E-state index is 0.0732. The summed E-state index contributed by atoms with van der Waals surface area (Å²) >= 11 is 0. The molecule has 404 valence electrons. The van der Waals surface area contributed by atoms with Gasteiger partial charge < -0.3 is 14.2 Å². The van der Waals surface area contributed by atoms with Gasteiger partial charge in [-0.2, -0.15) is 0 Å². The van der Waals surface area contributed by atoms with E-state index < -0.39 is 6.10 Å². The van der Waals surface area contributed by atoms with Crippen LogP contribution in [0.3, 0.4) is 0 Å². The fourth-order valence-corrected chi connectivity index (χ4v) is 9.00. The Bertz CT molecular complexity index is 1160. The van der Waals surface area contributed by atoms with E-state index in [4.69, 9.17) is 14.2 Å². The van der Waals surface area contributed by atoms with Crippen LogP contribution >= 0.6 is 0 Å². The molecule has 0 bridgehead atoms. The third kappa shape index (κ3) is 56.4. The van der Waals surface area contributed by atoms with E-state index in [1.807, 2.05) is 0 Å². The molecule has 0 N–H and O–H groups in total. The molecule has 0 amide bonds. The van der Waals surface area contributed by atoms with Crippen LogP contribution in [0.5, 0.6) is 0 Å². The van der Waals surface area contributed by atoms with Crippen LogP contribution in [-0.2, 0) is 28.6 Å². The van der Waals surface area contributed by atoms with E-state index in [0.717, 1.165) is 70.6 Å². The van der Waals surface area contributed by atoms with Crippen LogP contribution in [0.15, 0.2) is 36.5 Å². The highest BCUT2D eigenvalue weighted by molar-refractivity contribution is 5.71. The van der Waals surface area contributed by atoms with Gasteiger partial charge in [-0.3, -0.25) is 14.4 Å². The number of unbranched alkanes of at least 4 members (excludes halogenated alkanes) is 39. The third-order valence-electron chi connectivity index (χ3n) is 13.6. The van der Waals surface area contributed by atoms with Crippen LogP contribution in [-0.4, -0.2) is 37.2 Å². The minimum Gasteiger partial charge on any atom is -0.462 e. The number of hydrogen-bond acceptors (Lipinski definition) is 6. The van der Waals surface area contributed by atoms with Crippen LogP contribution in [0.2, 0.25) is 0 Å². The predicted octanol–water partition coefficient (Wildman–Crippen LogP) is 20.4. The van der Waals surface area contributed by atoms with Crippen molar-refractivity contribution >= 4 is 17.9 Å². The monoisotopic (exact) mass is 969 g/mol. The van der Waals surface area contributed by atoms with E-state index in [2.05, 4.69) is 57.2 Å². The van der Waals surface area contributed by atoms with Crippen molar-refractivity contribution in [1.29, 1.82) is 0 Å². The van der Waals surface area contributed by atoms with Crippen molar-refractivity contribution in [2.45, 2.75) is 335 Å². The number of rotatable bonds is 56. The Morgan fingerprint density at radius 1 is 0.290 bits per heavy atom. The number of esters is 3. The van der Waals surface area contributed by atoms with Gasteiger partial charge >= 0.3 is 17.9 Å². The fraction of sp³-hybridized carbons (Fsp3) is 0.857. The molecule has 0 aromatic carbocycles. The topological polar surface area (TPSA) is 78.9 Å². The molecule has 0 spiro atoms. The van der Waals surface area contributed by atoms with E-state index in [1.54, 1.807) is 0 Å². The molecule has 0 aliphatic carbocycles. The molecule has 0 saturated heterocycles. The van der Waals surface area contributed by atoms with E-state index in [9.17, 15) is 14.4 Å². The van der Waals surface area contributed by atoms with Gasteiger partial charge in [-0.25, -0.2) is 0 Å². The summed E-state index contributed by atoms with van der Waals surface area (Å²) in [6.07, 6.45) is 69.9. The zero-order chi connectivity index (χ0) is 50.0. The molecule has 69 heavy (non-hydrogen) atoms. The molecular formula is C63H116O6. The maximum atomic E-state index is 12.9. The van der Waals surface area contributed by atoms with Crippen LogP contribution in [0.4, 0.5) is 0 Å². The van der Waals surface area contributed by atoms with Gasteiger partial charge in [0.1, 0.15) is 13.2 Å². The molecule has 0 aliphatic heterocycles. The van der Waals surface area contributed by atoms with Gasteiger partial charge in [-0.05, 0) is 77.0 Å². The highest BCUT2D eigenvalue weighted by Gasteiger charge is 2.19. The standard InChI is InChI=1S/C63H116O6/c1-4-7-10-13-16-19-22-25-28-30-31-32-33-34-36-38-41-44-47-50-53-56-62(65)68-59-60(58-67-61(64)55-52-49-46-43-40-37-27-24-21-18-15-12-9-6-3)69-63(66)57-54-51-48-45-42-39-35-29-26-23-20-17-14-11-8-5-2/h22,24-25,27,30-31,60H,4-21,23,26,28-29,32-59H2,1-3H3/b25-22-,27-24-,31-30-. The van der Waals surface area contributed by atoms with Crippen molar-refractivity contribution < 1.29 is 28.6 Å². The summed E-state index contributed by atoms with van der Waals surface area (Å²) in [7, 11) is 0. The first-order valence-electron chi connectivity index (χ1n) is 30.5. The van der Waals surface area contributed by atoms with Crippen LogP contribution in [0, 0.1) is 0 Å². The van der Waals surface area contributed by atoms with E-state index in [1.165, 1.54) is 218 Å². The number of allylic oxidation sites excluding steroid dienone is 6. The lowest BCUT2D eigenvalue weighted by molar-refractivity contribution is -0.167. The highest BCUT2D eigenvalue weighted by Crippen LogP contribution is 2.17. The summed E-state index contributed by atoms with van der Waals surface area (Å²) in [4.78, 5) is 38.2. The number of ether oxygens (including phenoxy) is 3. The summed E-state index contributed by atoms with van der Waals surface area (Å²) in [6.45, 7) is 6.66. The average Bonchev–Trinajstić information content (AvgIpc) is 3.35. The Balaban J connectivity index is 4.32. The van der Waals surface area contributed by atoms with Crippen molar-refractivity contribution in [1.82, 2.24) is 0 Å². The van der Waals surface area contributed by atoms with E-state index >= 15 is 0 Å². The quantitative estimate of drug-likeness (QED) is 0.0261. The van der Waals surface area contributed by atoms with Crippen LogP contribution < -0.4 is 0 Å². The summed E-state index contributed by atoms with van der Waals surface area (Å²) in [6, 6.07) is 0. The summed E-state index contributed by atoms with van der Waals surface area (Å²) in [5.74, 6) is -0.865. The van der Waals surface area contributed by atoms with E-state index in [-0.39, 0.29) is 31.1 Å². The lowest BCUT2D eigenvalue weighted by atomic mass is 10.0. The lowest BCUT2D eigenvalue weighted by Gasteiger charge is -2.18. The first-order chi connectivity index (χ1) is 34.0. The summed E-state index contributed by atoms with van der Waals surface area (Å²) in [5.41, 5.74) is 0. The van der Waals surface area contributed by atoms with Gasteiger partial charge in [0.05, 0.1) is 0 Å². The van der Waals surface area contributed by atoms with Crippen molar-refractivity contribution in [3.05, 3.63) is 36.5 Å². The zero-order valence-corrected chi connectivity index (χ0v) is 46.3. The van der Waals surface area contributed by atoms with Crippen molar-refractivity contribution in [3.8, 4) is 0 Å². The molecule has 0 rings (SSSR count). The number of carbonyl (C=O) groups is 3. The summed E-state index contributed by atoms with van der Waals surface area (Å²) < 4.78 is 16.9. The third-order valence-corrected chi connectivity index (χ3v) is 13.6. The Labute approximate surface area is 429 Å². The van der Waals surface area contributed by atoms with E-state index in [0.29, 0.717) is 19.3 Å². The van der Waals surface area contributed by atoms with Crippen molar-refractivity contribution in [3.63, 3.8) is 0 Å². The molecule has 0 saturated carbocycles. The molecule has 0 aromatic heterocycles. The molecule has 6 nitrogen and oxygen atoms in total. The normalized spacial score (nSPS) is 12.2. The molecule has 0 radical (unpaired) electrons. The second-order valence-corrected chi connectivity index (χ2v) is 20.6. The number of carbonyl (C=O) groups excluding carboxylic acids is 3. The molecule has 0 aliphatic rings. The maximum absolute atomic E-state index is 12.9. The van der Waals surface area contributed by atoms with Gasteiger partial charge in [-0.15, -0.1) is 0 Å². The van der Waals surface area contributed by atoms with Crippen molar-refractivity contribution in [2.24, 2.45) is 0 Å². The Hall–Kier alpha value is -2.37. The van der Waals surface area contributed by atoms with Gasteiger partial charge in [0.25, 0.3) is 0 Å². The Morgan fingerprint density at radius 2 is 0.522 bits per heavy atom. The first-order valence-corrected chi connectivity index (χ1v) is 30.5. The molecule has 0 heterocycles. The van der Waals surface area contributed by atoms with Gasteiger partial charge in [0, 0.05) is 19.3 Å². The van der Waals surface area contributed by atoms with Gasteiger partial charge in [0.2, 0.25) is 0 Å². The minimum atomic E-state index is -0.774. The predicted molar refractivity (Wildman–Crippen MR) is 298 cm³/mol. The zero-order valence-electron chi connectivity index (χ0n) is 46.3. The van der Waals surface area contributed by atoms with Gasteiger partial charge in [0.15, 0.2) is 6.10 Å². The lowest BCUT2D eigenvalue weighted by Crippen LogP contribution is -2.30. The highest BCUT2D eigenvalue weighted by atomic mass is 16.6. The van der Waals surface area contributed by atoms with Crippen LogP contribution in [0.1, 0.15) is 329 Å². The number of hydrogen-bond donors (Lipinski definition) is 0.